The minimum Gasteiger partial charge on any atom is -0.370 e. The maximum atomic E-state index is 5.96. The van der Waals surface area contributed by atoms with Crippen molar-refractivity contribution >= 4 is 11.0 Å². The Morgan fingerprint density at radius 2 is 2.26 bits per heavy atom. The zero-order valence-electron chi connectivity index (χ0n) is 12.5. The topological polar surface area (TPSA) is 82.1 Å². The average Bonchev–Trinajstić information content (AvgIpc) is 3.24. The molecule has 3 aromatic rings. The van der Waals surface area contributed by atoms with Crippen LogP contribution in [-0.2, 0) is 17.9 Å². The van der Waals surface area contributed by atoms with Gasteiger partial charge in [0.05, 0.1) is 30.6 Å². The zero-order valence-corrected chi connectivity index (χ0v) is 12.5. The molecular formula is C15H16N6O2. The summed E-state index contributed by atoms with van der Waals surface area (Å²) in [6.45, 7) is 3.31. The summed E-state index contributed by atoms with van der Waals surface area (Å²) < 4.78 is 12.8. The second-order valence-electron chi connectivity index (χ2n) is 6.16. The molecule has 5 rings (SSSR count). The lowest BCUT2D eigenvalue weighted by molar-refractivity contribution is -0.0669. The SMILES string of the molecule is c1cc(CN2CC[C@H]3OCc4cnnn4[C@H]3C2)c2nonc2c1. The molecule has 23 heavy (non-hydrogen) atoms. The number of likely N-dealkylation sites (tertiary alicyclic amines) is 1. The number of hydrogen-bond donors (Lipinski definition) is 0. The molecule has 0 spiro atoms. The molecule has 2 aliphatic heterocycles. The van der Waals surface area contributed by atoms with Crippen molar-refractivity contribution in [2.45, 2.75) is 31.7 Å². The third kappa shape index (κ3) is 2.13. The number of rotatable bonds is 2. The molecule has 2 aromatic heterocycles. The van der Waals surface area contributed by atoms with E-state index in [9.17, 15) is 0 Å². The molecule has 1 aromatic carbocycles. The first kappa shape index (κ1) is 13.1. The van der Waals surface area contributed by atoms with Crippen LogP contribution in [0.15, 0.2) is 29.0 Å². The molecular weight excluding hydrogens is 296 g/mol. The zero-order chi connectivity index (χ0) is 15.2. The first-order chi connectivity index (χ1) is 11.4. The fraction of sp³-hybridized carbons (Fsp3) is 0.467. The van der Waals surface area contributed by atoms with Crippen molar-refractivity contribution in [3.8, 4) is 0 Å². The minimum atomic E-state index is 0.227. The van der Waals surface area contributed by atoms with Gasteiger partial charge in [0.25, 0.3) is 0 Å². The van der Waals surface area contributed by atoms with Crippen LogP contribution in [0.5, 0.6) is 0 Å². The molecule has 0 saturated carbocycles. The van der Waals surface area contributed by atoms with Crippen LogP contribution in [-0.4, -0.2) is 49.4 Å². The highest BCUT2D eigenvalue weighted by molar-refractivity contribution is 5.76. The molecule has 0 radical (unpaired) electrons. The largest absolute Gasteiger partial charge is 0.370 e. The van der Waals surface area contributed by atoms with Gasteiger partial charge < -0.3 is 4.74 Å². The van der Waals surface area contributed by atoms with Crippen molar-refractivity contribution in [3.63, 3.8) is 0 Å². The summed E-state index contributed by atoms with van der Waals surface area (Å²) in [7, 11) is 0. The Morgan fingerprint density at radius 3 is 3.26 bits per heavy atom. The summed E-state index contributed by atoms with van der Waals surface area (Å²) in [5.74, 6) is 0. The molecule has 8 heteroatoms. The van der Waals surface area contributed by atoms with Gasteiger partial charge in [-0.2, -0.15) is 0 Å². The number of piperidine rings is 1. The first-order valence-electron chi connectivity index (χ1n) is 7.82. The molecule has 2 atom stereocenters. The van der Waals surface area contributed by atoms with Gasteiger partial charge in [-0.05, 0) is 28.4 Å². The number of nitrogens with zero attached hydrogens (tertiary/aromatic N) is 6. The van der Waals surface area contributed by atoms with Crippen LogP contribution in [0.4, 0.5) is 0 Å². The Morgan fingerprint density at radius 1 is 1.26 bits per heavy atom. The highest BCUT2D eigenvalue weighted by Gasteiger charge is 2.36. The molecule has 0 unspecified atom stereocenters. The highest BCUT2D eigenvalue weighted by atomic mass is 16.6. The summed E-state index contributed by atoms with van der Waals surface area (Å²) in [4.78, 5) is 2.41. The van der Waals surface area contributed by atoms with E-state index in [0.717, 1.165) is 48.3 Å². The third-order valence-corrected chi connectivity index (χ3v) is 4.78. The quantitative estimate of drug-likeness (QED) is 0.702. The highest BCUT2D eigenvalue weighted by Crippen LogP contribution is 2.31. The monoisotopic (exact) mass is 312 g/mol. The van der Waals surface area contributed by atoms with Gasteiger partial charge in [0, 0.05) is 19.6 Å². The van der Waals surface area contributed by atoms with E-state index in [0.29, 0.717) is 6.61 Å². The van der Waals surface area contributed by atoms with E-state index < -0.39 is 0 Å². The Bertz CT molecular complexity index is 843. The molecule has 2 aliphatic rings. The summed E-state index contributed by atoms with van der Waals surface area (Å²) in [5, 5.41) is 16.2. The second-order valence-corrected chi connectivity index (χ2v) is 6.16. The van der Waals surface area contributed by atoms with Crippen LogP contribution >= 0.6 is 0 Å². The lowest BCUT2D eigenvalue weighted by Gasteiger charge is -2.41. The predicted octanol–water partition coefficient (Wildman–Crippen LogP) is 1.16. The lowest BCUT2D eigenvalue weighted by atomic mass is 9.99. The molecule has 0 bridgehead atoms. The molecule has 118 valence electrons. The lowest BCUT2D eigenvalue weighted by Crippen LogP contribution is -2.47. The number of fused-ring (bicyclic) bond motifs is 4. The maximum absolute atomic E-state index is 5.96. The minimum absolute atomic E-state index is 0.227. The van der Waals surface area contributed by atoms with Gasteiger partial charge in [-0.25, -0.2) is 9.31 Å². The van der Waals surface area contributed by atoms with Crippen LogP contribution in [0.25, 0.3) is 11.0 Å². The molecule has 1 saturated heterocycles. The average molecular weight is 312 g/mol. The standard InChI is InChI=1S/C15H16N6O2/c1-2-10(15-12(3-1)17-23-18-15)7-20-5-4-14-13(8-20)21-11(9-22-14)6-16-19-21/h1-3,6,13-14H,4-5,7-9H2/t13-,14+/m0/s1. The molecule has 0 amide bonds. The maximum Gasteiger partial charge on any atom is 0.139 e. The number of hydrogen-bond acceptors (Lipinski definition) is 7. The number of ether oxygens (including phenoxy) is 1. The van der Waals surface area contributed by atoms with Gasteiger partial charge >= 0.3 is 0 Å². The van der Waals surface area contributed by atoms with Crippen molar-refractivity contribution in [2.75, 3.05) is 13.1 Å². The molecule has 1 fully saturated rings. The molecule has 0 aliphatic carbocycles. The van der Waals surface area contributed by atoms with E-state index in [-0.39, 0.29) is 12.1 Å². The van der Waals surface area contributed by atoms with E-state index in [2.05, 4.69) is 31.6 Å². The smallest absolute Gasteiger partial charge is 0.139 e. The summed E-state index contributed by atoms with van der Waals surface area (Å²) in [6, 6.07) is 6.22. The summed E-state index contributed by atoms with van der Waals surface area (Å²) in [5.41, 5.74) is 3.83. The Kier molecular flexibility index (Phi) is 2.92. The van der Waals surface area contributed by atoms with Crippen molar-refractivity contribution in [1.82, 2.24) is 30.2 Å². The van der Waals surface area contributed by atoms with Crippen LogP contribution in [0, 0.1) is 0 Å². The molecule has 8 nitrogen and oxygen atoms in total. The third-order valence-electron chi connectivity index (χ3n) is 4.78. The Hall–Kier alpha value is -2.32. The van der Waals surface area contributed by atoms with E-state index in [1.54, 1.807) is 6.20 Å². The van der Waals surface area contributed by atoms with E-state index in [4.69, 9.17) is 9.37 Å². The summed E-state index contributed by atoms with van der Waals surface area (Å²) in [6.07, 6.45) is 3.01. The van der Waals surface area contributed by atoms with Crippen LogP contribution in [0.3, 0.4) is 0 Å². The van der Waals surface area contributed by atoms with E-state index in [1.807, 2.05) is 16.8 Å². The van der Waals surface area contributed by atoms with Crippen LogP contribution < -0.4 is 0 Å². The number of benzene rings is 1. The van der Waals surface area contributed by atoms with E-state index >= 15 is 0 Å². The fourth-order valence-electron chi connectivity index (χ4n) is 3.62. The van der Waals surface area contributed by atoms with Gasteiger partial charge in [-0.3, -0.25) is 4.90 Å². The molecule has 4 heterocycles. The second kappa shape index (κ2) is 5.10. The van der Waals surface area contributed by atoms with Crippen molar-refractivity contribution in [2.24, 2.45) is 0 Å². The Balaban J connectivity index is 1.40. The van der Waals surface area contributed by atoms with Gasteiger partial charge in [0.2, 0.25) is 0 Å². The van der Waals surface area contributed by atoms with Gasteiger partial charge in [-0.1, -0.05) is 17.3 Å². The summed E-state index contributed by atoms with van der Waals surface area (Å²) >= 11 is 0. The van der Waals surface area contributed by atoms with Crippen LogP contribution in [0.2, 0.25) is 0 Å². The molecule has 0 N–H and O–H groups in total. The normalized spacial score (nSPS) is 24.5. The first-order valence-corrected chi connectivity index (χ1v) is 7.82. The van der Waals surface area contributed by atoms with Crippen molar-refractivity contribution < 1.29 is 9.37 Å². The van der Waals surface area contributed by atoms with Gasteiger partial charge in [0.15, 0.2) is 0 Å². The fourth-order valence-corrected chi connectivity index (χ4v) is 3.62. The van der Waals surface area contributed by atoms with Gasteiger partial charge in [-0.15, -0.1) is 5.10 Å². The number of aromatic nitrogens is 5. The van der Waals surface area contributed by atoms with E-state index in [1.165, 1.54) is 0 Å². The van der Waals surface area contributed by atoms with Crippen molar-refractivity contribution in [3.05, 3.63) is 35.7 Å². The van der Waals surface area contributed by atoms with Crippen LogP contribution in [0.1, 0.15) is 23.7 Å². The van der Waals surface area contributed by atoms with Crippen molar-refractivity contribution in [1.29, 1.82) is 0 Å². The Labute approximate surface area is 132 Å². The predicted molar refractivity (Wildman–Crippen MR) is 79.3 cm³/mol. The van der Waals surface area contributed by atoms with Gasteiger partial charge in [0.1, 0.15) is 11.0 Å².